The number of carbonyl (C=O) groups is 2. The second kappa shape index (κ2) is 10.7. The Morgan fingerprint density at radius 1 is 1.08 bits per heavy atom. The highest BCUT2D eigenvalue weighted by molar-refractivity contribution is 5.98. The monoisotopic (exact) mass is 347 g/mol. The molecule has 0 aliphatic heterocycles. The van der Waals surface area contributed by atoms with E-state index >= 15 is 0 Å². The Bertz CT molecular complexity index is 568. The smallest absolute Gasteiger partial charge is 0.240 e. The van der Waals surface area contributed by atoms with Crippen molar-refractivity contribution in [2.75, 3.05) is 36.0 Å². The fraction of sp³-hybridized carbons (Fsp3) is 0.600. The first-order chi connectivity index (χ1) is 11.9. The van der Waals surface area contributed by atoms with E-state index in [0.717, 1.165) is 49.3 Å². The lowest BCUT2D eigenvalue weighted by atomic mass is 10.1. The summed E-state index contributed by atoms with van der Waals surface area (Å²) in [5, 5.41) is 2.90. The normalized spacial score (nSPS) is 10.4. The molecule has 0 radical (unpaired) electrons. The maximum absolute atomic E-state index is 12.2. The van der Waals surface area contributed by atoms with Crippen LogP contribution in [0.1, 0.15) is 52.5 Å². The van der Waals surface area contributed by atoms with Gasteiger partial charge in [0.05, 0.1) is 0 Å². The van der Waals surface area contributed by atoms with E-state index < -0.39 is 0 Å². The Morgan fingerprint density at radius 2 is 1.76 bits per heavy atom. The van der Waals surface area contributed by atoms with Crippen molar-refractivity contribution in [2.24, 2.45) is 0 Å². The summed E-state index contributed by atoms with van der Waals surface area (Å²) in [5.74, 6) is -0.235. The quantitative estimate of drug-likeness (QED) is 0.659. The molecule has 0 unspecified atom stereocenters. The van der Waals surface area contributed by atoms with Gasteiger partial charge in [-0.1, -0.05) is 19.8 Å². The van der Waals surface area contributed by atoms with Gasteiger partial charge in [0.1, 0.15) is 6.54 Å². The summed E-state index contributed by atoms with van der Waals surface area (Å²) >= 11 is 0. The maximum Gasteiger partial charge on any atom is 0.240 e. The van der Waals surface area contributed by atoms with Crippen LogP contribution in [0.3, 0.4) is 0 Å². The number of unbranched alkanes of at least 4 members (excludes halogenated alkanes) is 2. The van der Waals surface area contributed by atoms with Crippen molar-refractivity contribution in [3.8, 4) is 0 Å². The molecule has 0 saturated heterocycles. The molecule has 1 rings (SSSR count). The van der Waals surface area contributed by atoms with Gasteiger partial charge in [-0.25, -0.2) is 0 Å². The highest BCUT2D eigenvalue weighted by atomic mass is 16.2. The van der Waals surface area contributed by atoms with Gasteiger partial charge in [-0.2, -0.15) is 0 Å². The van der Waals surface area contributed by atoms with E-state index in [0.29, 0.717) is 6.54 Å². The fourth-order valence-corrected chi connectivity index (χ4v) is 2.90. The molecule has 0 aromatic heterocycles. The first-order valence-corrected chi connectivity index (χ1v) is 9.34. The minimum atomic E-state index is -0.123. The van der Waals surface area contributed by atoms with Crippen molar-refractivity contribution in [3.63, 3.8) is 0 Å². The van der Waals surface area contributed by atoms with Gasteiger partial charge in [0, 0.05) is 37.9 Å². The van der Waals surface area contributed by atoms with Crippen LogP contribution < -0.4 is 15.1 Å². The number of anilines is 2. The summed E-state index contributed by atoms with van der Waals surface area (Å²) in [7, 11) is 0. The number of hydrogen-bond acceptors (Lipinski definition) is 3. The van der Waals surface area contributed by atoms with Gasteiger partial charge >= 0.3 is 0 Å². The zero-order valence-corrected chi connectivity index (χ0v) is 16.4. The number of amides is 2. The van der Waals surface area contributed by atoms with Crippen LogP contribution in [0, 0.1) is 6.92 Å². The molecule has 5 heteroatoms. The Hall–Kier alpha value is -2.04. The summed E-state index contributed by atoms with van der Waals surface area (Å²) in [5.41, 5.74) is 2.93. The molecule has 0 spiro atoms. The molecule has 0 aliphatic rings. The lowest BCUT2D eigenvalue weighted by Gasteiger charge is -2.26. The lowest BCUT2D eigenvalue weighted by molar-refractivity contribution is -0.123. The Balaban J connectivity index is 2.85. The van der Waals surface area contributed by atoms with Gasteiger partial charge < -0.3 is 15.1 Å². The molecule has 2 amide bonds. The van der Waals surface area contributed by atoms with Gasteiger partial charge in [-0.05, 0) is 51.0 Å². The molecule has 0 fully saturated rings. The van der Waals surface area contributed by atoms with Gasteiger partial charge in [0.2, 0.25) is 11.8 Å². The second-order valence-corrected chi connectivity index (χ2v) is 6.31. The summed E-state index contributed by atoms with van der Waals surface area (Å²) in [6, 6.07) is 6.04. The molecule has 0 heterocycles. The number of nitrogens with one attached hydrogen (secondary N) is 1. The minimum absolute atomic E-state index is 0.0624. The molecule has 1 N–H and O–H groups in total. The average molecular weight is 348 g/mol. The van der Waals surface area contributed by atoms with Gasteiger partial charge in [0.15, 0.2) is 0 Å². The van der Waals surface area contributed by atoms with Crippen LogP contribution in [0.25, 0.3) is 0 Å². The van der Waals surface area contributed by atoms with E-state index in [-0.39, 0.29) is 18.4 Å². The van der Waals surface area contributed by atoms with E-state index in [4.69, 9.17) is 0 Å². The Kier molecular flexibility index (Phi) is 9.03. The second-order valence-electron chi connectivity index (χ2n) is 6.31. The third kappa shape index (κ3) is 6.40. The van der Waals surface area contributed by atoms with Crippen molar-refractivity contribution in [2.45, 2.75) is 53.9 Å². The maximum atomic E-state index is 12.2. The lowest BCUT2D eigenvalue weighted by Crippen LogP contribution is -2.40. The summed E-state index contributed by atoms with van der Waals surface area (Å²) in [6.07, 6.45) is 3.19. The molecule has 0 saturated carbocycles. The summed E-state index contributed by atoms with van der Waals surface area (Å²) < 4.78 is 0. The van der Waals surface area contributed by atoms with E-state index in [2.05, 4.69) is 37.1 Å². The third-order valence-corrected chi connectivity index (χ3v) is 4.38. The van der Waals surface area contributed by atoms with Crippen LogP contribution in [0.5, 0.6) is 0 Å². The molecular formula is C20H33N3O2. The number of benzene rings is 1. The van der Waals surface area contributed by atoms with Crippen molar-refractivity contribution < 1.29 is 9.59 Å². The zero-order valence-electron chi connectivity index (χ0n) is 16.4. The predicted molar refractivity (Wildman–Crippen MR) is 105 cm³/mol. The van der Waals surface area contributed by atoms with Crippen LogP contribution in [0.4, 0.5) is 11.4 Å². The highest BCUT2D eigenvalue weighted by Gasteiger charge is 2.18. The van der Waals surface area contributed by atoms with Gasteiger partial charge in [-0.3, -0.25) is 9.59 Å². The average Bonchev–Trinajstić information content (AvgIpc) is 2.58. The molecule has 25 heavy (non-hydrogen) atoms. The number of nitrogens with zero attached hydrogens (tertiary/aromatic N) is 2. The van der Waals surface area contributed by atoms with Crippen molar-refractivity contribution in [3.05, 3.63) is 23.8 Å². The molecule has 1 aromatic carbocycles. The van der Waals surface area contributed by atoms with Crippen LogP contribution in [-0.4, -0.2) is 38.0 Å². The topological polar surface area (TPSA) is 52.7 Å². The van der Waals surface area contributed by atoms with Crippen LogP contribution in [-0.2, 0) is 9.59 Å². The SMILES string of the molecule is CCCCCNC(=O)CN(C(C)=O)c1ccc(N(CC)CC)cc1C. The molecule has 0 atom stereocenters. The number of aryl methyl sites for hydroxylation is 1. The summed E-state index contributed by atoms with van der Waals surface area (Å²) in [4.78, 5) is 28.0. The molecule has 5 nitrogen and oxygen atoms in total. The molecule has 1 aromatic rings. The van der Waals surface area contributed by atoms with E-state index in [9.17, 15) is 9.59 Å². The summed E-state index contributed by atoms with van der Waals surface area (Å²) in [6.45, 7) is 12.5. The van der Waals surface area contributed by atoms with Crippen molar-refractivity contribution in [1.82, 2.24) is 5.32 Å². The molecule has 0 aliphatic carbocycles. The van der Waals surface area contributed by atoms with Crippen LogP contribution >= 0.6 is 0 Å². The Labute approximate surface area is 152 Å². The van der Waals surface area contributed by atoms with Gasteiger partial charge in [0.25, 0.3) is 0 Å². The zero-order chi connectivity index (χ0) is 18.8. The number of carbonyl (C=O) groups excluding carboxylic acids is 2. The van der Waals surface area contributed by atoms with Crippen LogP contribution in [0.2, 0.25) is 0 Å². The standard InChI is InChI=1S/C20H33N3O2/c1-6-9-10-13-21-20(25)15-23(17(5)24)19-12-11-18(14-16(19)4)22(7-2)8-3/h11-12,14H,6-10,13,15H2,1-5H3,(H,21,25). The van der Waals surface area contributed by atoms with Crippen molar-refractivity contribution >= 4 is 23.2 Å². The molecule has 140 valence electrons. The number of hydrogen-bond donors (Lipinski definition) is 1. The highest BCUT2D eigenvalue weighted by Crippen LogP contribution is 2.26. The number of rotatable bonds is 10. The minimum Gasteiger partial charge on any atom is -0.372 e. The molecular weight excluding hydrogens is 314 g/mol. The van der Waals surface area contributed by atoms with Crippen molar-refractivity contribution in [1.29, 1.82) is 0 Å². The molecule has 0 bridgehead atoms. The first-order valence-electron chi connectivity index (χ1n) is 9.34. The fourth-order valence-electron chi connectivity index (χ4n) is 2.90. The van der Waals surface area contributed by atoms with E-state index in [1.807, 2.05) is 19.1 Å². The van der Waals surface area contributed by atoms with Gasteiger partial charge in [-0.15, -0.1) is 0 Å². The third-order valence-electron chi connectivity index (χ3n) is 4.38. The predicted octanol–water partition coefficient (Wildman–Crippen LogP) is 3.50. The van der Waals surface area contributed by atoms with E-state index in [1.54, 1.807) is 4.90 Å². The first kappa shape index (κ1) is 21.0. The van der Waals surface area contributed by atoms with Crippen LogP contribution in [0.15, 0.2) is 18.2 Å². The van der Waals surface area contributed by atoms with E-state index in [1.165, 1.54) is 6.92 Å². The largest absolute Gasteiger partial charge is 0.372 e. The Morgan fingerprint density at radius 3 is 2.28 bits per heavy atom.